The summed E-state index contributed by atoms with van der Waals surface area (Å²) in [6, 6.07) is 12.4. The second kappa shape index (κ2) is 5.05. The van der Waals surface area contributed by atoms with Crippen molar-refractivity contribution >= 4 is 5.82 Å². The highest BCUT2D eigenvalue weighted by molar-refractivity contribution is 5.89. The molecule has 2 aromatic carbocycles. The molecule has 3 N–H and O–H groups in total. The lowest BCUT2D eigenvalue weighted by Gasteiger charge is -2.10. The molecule has 3 aromatic rings. The molecule has 0 bridgehead atoms. The number of hydrogen-bond acceptors (Lipinski definition) is 2. The average Bonchev–Trinajstić information content (AvgIpc) is 2.82. The van der Waals surface area contributed by atoms with Crippen LogP contribution in [0.3, 0.4) is 0 Å². The molecule has 0 saturated carbocycles. The number of aryl methyl sites for hydroxylation is 2. The van der Waals surface area contributed by atoms with Gasteiger partial charge in [-0.05, 0) is 42.7 Å². The lowest BCUT2D eigenvalue weighted by atomic mass is 9.94. The van der Waals surface area contributed by atoms with E-state index in [1.54, 1.807) is 12.1 Å². The molecule has 0 aliphatic heterocycles. The zero-order valence-corrected chi connectivity index (χ0v) is 11.9. The van der Waals surface area contributed by atoms with Gasteiger partial charge in [0.1, 0.15) is 5.82 Å². The highest BCUT2D eigenvalue weighted by atomic mass is 19.1. The molecule has 0 atom stereocenters. The minimum absolute atomic E-state index is 0.269. The Morgan fingerprint density at radius 1 is 0.952 bits per heavy atom. The maximum Gasteiger partial charge on any atom is 0.153 e. The fourth-order valence-electron chi connectivity index (χ4n) is 2.65. The summed E-state index contributed by atoms with van der Waals surface area (Å²) in [7, 11) is 0. The highest BCUT2D eigenvalue weighted by Crippen LogP contribution is 2.37. The van der Waals surface area contributed by atoms with Crippen LogP contribution in [-0.4, -0.2) is 10.2 Å². The summed E-state index contributed by atoms with van der Waals surface area (Å²) in [5, 5.41) is 7.15. The van der Waals surface area contributed by atoms with E-state index in [2.05, 4.69) is 10.2 Å². The molecule has 3 nitrogen and oxygen atoms in total. The number of anilines is 1. The van der Waals surface area contributed by atoms with Gasteiger partial charge in [-0.25, -0.2) is 4.39 Å². The first-order valence-electron chi connectivity index (χ1n) is 6.74. The predicted molar refractivity (Wildman–Crippen MR) is 83.3 cm³/mol. The molecule has 0 unspecified atom stereocenters. The van der Waals surface area contributed by atoms with Gasteiger partial charge in [-0.2, -0.15) is 5.10 Å². The smallest absolute Gasteiger partial charge is 0.153 e. The van der Waals surface area contributed by atoms with E-state index in [-0.39, 0.29) is 5.82 Å². The lowest BCUT2D eigenvalue weighted by Crippen LogP contribution is -1.92. The van der Waals surface area contributed by atoms with Crippen LogP contribution in [0, 0.1) is 19.7 Å². The van der Waals surface area contributed by atoms with Gasteiger partial charge in [-0.3, -0.25) is 5.10 Å². The van der Waals surface area contributed by atoms with Gasteiger partial charge in [0.15, 0.2) is 5.82 Å². The Labute approximate surface area is 122 Å². The molecule has 21 heavy (non-hydrogen) atoms. The van der Waals surface area contributed by atoms with Crippen LogP contribution in [0.15, 0.2) is 42.5 Å². The Hall–Kier alpha value is -2.62. The molecule has 4 heteroatoms. The third-order valence-electron chi connectivity index (χ3n) is 3.66. The number of nitrogens with zero attached hydrogens (tertiary/aromatic N) is 1. The molecule has 0 fully saturated rings. The number of aromatic amines is 1. The van der Waals surface area contributed by atoms with Crippen molar-refractivity contribution in [2.24, 2.45) is 0 Å². The number of halogens is 1. The van der Waals surface area contributed by atoms with Crippen LogP contribution >= 0.6 is 0 Å². The zero-order valence-electron chi connectivity index (χ0n) is 11.9. The van der Waals surface area contributed by atoms with E-state index >= 15 is 0 Å². The third kappa shape index (κ3) is 2.29. The number of nitrogens with two attached hydrogens (primary N) is 1. The summed E-state index contributed by atoms with van der Waals surface area (Å²) in [6.45, 7) is 4.10. The van der Waals surface area contributed by atoms with Gasteiger partial charge < -0.3 is 5.73 Å². The third-order valence-corrected chi connectivity index (χ3v) is 3.66. The molecule has 1 aromatic heterocycles. The van der Waals surface area contributed by atoms with Crippen LogP contribution in [0.25, 0.3) is 22.4 Å². The van der Waals surface area contributed by atoms with Crippen molar-refractivity contribution in [2.45, 2.75) is 13.8 Å². The highest BCUT2D eigenvalue weighted by Gasteiger charge is 2.17. The quantitative estimate of drug-likeness (QED) is 0.743. The van der Waals surface area contributed by atoms with E-state index in [9.17, 15) is 4.39 Å². The van der Waals surface area contributed by atoms with E-state index in [0.717, 1.165) is 33.5 Å². The van der Waals surface area contributed by atoms with Crippen LogP contribution in [-0.2, 0) is 0 Å². The number of nitrogen functional groups attached to an aromatic ring is 1. The molecule has 0 amide bonds. The molecule has 0 spiro atoms. The Morgan fingerprint density at radius 3 is 2.19 bits per heavy atom. The number of aromatic nitrogens is 2. The van der Waals surface area contributed by atoms with Gasteiger partial charge in [-0.1, -0.05) is 30.3 Å². The minimum Gasteiger partial charge on any atom is -0.382 e. The molecule has 3 rings (SSSR count). The molecule has 106 valence electrons. The van der Waals surface area contributed by atoms with Crippen LogP contribution < -0.4 is 5.73 Å². The monoisotopic (exact) mass is 281 g/mol. The maximum absolute atomic E-state index is 13.1. The van der Waals surface area contributed by atoms with Crippen molar-refractivity contribution < 1.29 is 4.39 Å². The molecular weight excluding hydrogens is 265 g/mol. The van der Waals surface area contributed by atoms with Crippen molar-refractivity contribution in [1.82, 2.24) is 10.2 Å². The van der Waals surface area contributed by atoms with Gasteiger partial charge >= 0.3 is 0 Å². The first kappa shape index (κ1) is 13.4. The predicted octanol–water partition coefficient (Wildman–Crippen LogP) is 4.08. The van der Waals surface area contributed by atoms with Gasteiger partial charge in [0.05, 0.1) is 11.3 Å². The SMILES string of the molecule is Cc1cccc(C)c1-c1[nH]nc(N)c1-c1ccc(F)cc1. The number of H-pyrrole nitrogens is 1. The standard InChI is InChI=1S/C17H16FN3/c1-10-4-3-5-11(2)14(10)16-15(17(19)21-20-16)12-6-8-13(18)9-7-12/h3-9H,1-2H3,(H3,19,20,21). The van der Waals surface area contributed by atoms with Gasteiger partial charge in [0, 0.05) is 5.56 Å². The van der Waals surface area contributed by atoms with Crippen molar-refractivity contribution in [1.29, 1.82) is 0 Å². The molecule has 0 aliphatic rings. The number of nitrogens with one attached hydrogen (secondary N) is 1. The van der Waals surface area contributed by atoms with Crippen molar-refractivity contribution in [3.05, 3.63) is 59.4 Å². The van der Waals surface area contributed by atoms with E-state index in [4.69, 9.17) is 5.73 Å². The zero-order chi connectivity index (χ0) is 15.0. The summed E-state index contributed by atoms with van der Waals surface area (Å²) in [5.41, 5.74) is 11.9. The summed E-state index contributed by atoms with van der Waals surface area (Å²) in [4.78, 5) is 0. The Bertz CT molecular complexity index is 768. The fourth-order valence-corrected chi connectivity index (χ4v) is 2.65. The summed E-state index contributed by atoms with van der Waals surface area (Å²) >= 11 is 0. The van der Waals surface area contributed by atoms with E-state index < -0.39 is 0 Å². The molecule has 0 saturated heterocycles. The maximum atomic E-state index is 13.1. The number of hydrogen-bond donors (Lipinski definition) is 2. The van der Waals surface area contributed by atoms with Crippen molar-refractivity contribution in [3.63, 3.8) is 0 Å². The largest absolute Gasteiger partial charge is 0.382 e. The van der Waals surface area contributed by atoms with Gasteiger partial charge in [0.2, 0.25) is 0 Å². The number of rotatable bonds is 2. The summed E-state index contributed by atoms with van der Waals surface area (Å²) in [6.07, 6.45) is 0. The Morgan fingerprint density at radius 2 is 1.57 bits per heavy atom. The van der Waals surface area contributed by atoms with Gasteiger partial charge in [-0.15, -0.1) is 0 Å². The molecule has 0 radical (unpaired) electrons. The fraction of sp³-hybridized carbons (Fsp3) is 0.118. The summed E-state index contributed by atoms with van der Waals surface area (Å²) in [5.74, 6) is 0.147. The van der Waals surface area contributed by atoms with Gasteiger partial charge in [0.25, 0.3) is 0 Å². The van der Waals surface area contributed by atoms with Crippen LogP contribution in [0.5, 0.6) is 0 Å². The van der Waals surface area contributed by atoms with Crippen molar-refractivity contribution in [3.8, 4) is 22.4 Å². The van der Waals surface area contributed by atoms with Crippen LogP contribution in [0.4, 0.5) is 10.2 Å². The number of benzene rings is 2. The molecule has 1 heterocycles. The summed E-state index contributed by atoms with van der Waals surface area (Å²) < 4.78 is 13.1. The van der Waals surface area contributed by atoms with E-state index in [1.165, 1.54) is 12.1 Å². The topological polar surface area (TPSA) is 54.7 Å². The molecule has 0 aliphatic carbocycles. The normalized spacial score (nSPS) is 10.8. The van der Waals surface area contributed by atoms with Crippen LogP contribution in [0.2, 0.25) is 0 Å². The van der Waals surface area contributed by atoms with Crippen molar-refractivity contribution in [2.75, 3.05) is 5.73 Å². The lowest BCUT2D eigenvalue weighted by molar-refractivity contribution is 0.628. The second-order valence-electron chi connectivity index (χ2n) is 5.13. The minimum atomic E-state index is -0.269. The van der Waals surface area contributed by atoms with E-state index in [1.807, 2.05) is 32.0 Å². The average molecular weight is 281 g/mol. The van der Waals surface area contributed by atoms with Crippen LogP contribution in [0.1, 0.15) is 11.1 Å². The Balaban J connectivity index is 2.24. The Kier molecular flexibility index (Phi) is 3.22. The van der Waals surface area contributed by atoms with E-state index in [0.29, 0.717) is 5.82 Å². The first-order valence-corrected chi connectivity index (χ1v) is 6.74. The second-order valence-corrected chi connectivity index (χ2v) is 5.13. The molecular formula is C17H16FN3. The first-order chi connectivity index (χ1) is 10.1.